The quantitative estimate of drug-likeness (QED) is 0.137. The van der Waals surface area contributed by atoms with Crippen molar-refractivity contribution in [3.8, 4) is 5.69 Å². The Hall–Kier alpha value is -5.34. The second-order valence-corrected chi connectivity index (χ2v) is 17.6. The summed E-state index contributed by atoms with van der Waals surface area (Å²) in [5.41, 5.74) is 13.3. The molecule has 0 atom stereocenters. The summed E-state index contributed by atoms with van der Waals surface area (Å²) in [6, 6.07) is 40.5. The van der Waals surface area contributed by atoms with Crippen LogP contribution in [0.5, 0.6) is 0 Å². The summed E-state index contributed by atoms with van der Waals surface area (Å²) in [6.45, 7) is 35.5. The van der Waals surface area contributed by atoms with Gasteiger partial charge in [0.15, 0.2) is 0 Å². The van der Waals surface area contributed by atoms with Gasteiger partial charge in [-0.15, -0.1) is 0 Å². The molecule has 1 heterocycles. The zero-order valence-corrected chi connectivity index (χ0v) is 34.1. The monoisotopic (exact) mass is 710 g/mol. The van der Waals surface area contributed by atoms with Crippen molar-refractivity contribution < 1.29 is 0 Å². The van der Waals surface area contributed by atoms with Crippen LogP contribution in [0, 0.1) is 0 Å². The molecular formula is C52H58N2. The molecular weight excluding hydrogens is 653 g/mol. The molecule has 0 N–H and O–H groups in total. The molecule has 0 saturated carbocycles. The number of aromatic nitrogens is 1. The Kier molecular flexibility index (Phi) is 10.3. The van der Waals surface area contributed by atoms with Gasteiger partial charge in [0.05, 0.1) is 0 Å². The number of hydrogen-bond acceptors (Lipinski definition) is 1. The van der Waals surface area contributed by atoms with Crippen molar-refractivity contribution in [2.75, 3.05) is 7.05 Å². The molecule has 0 bridgehead atoms. The molecule has 0 aliphatic heterocycles. The van der Waals surface area contributed by atoms with Gasteiger partial charge in [-0.05, 0) is 108 Å². The first-order chi connectivity index (χ1) is 25.4. The maximum atomic E-state index is 4.52. The normalized spacial score (nSPS) is 12.2. The summed E-state index contributed by atoms with van der Waals surface area (Å²) < 4.78 is 2.20. The number of benzene rings is 5. The highest BCUT2D eigenvalue weighted by atomic mass is 15.2. The van der Waals surface area contributed by atoms with Crippen LogP contribution in [0.3, 0.4) is 0 Å². The van der Waals surface area contributed by atoms with Gasteiger partial charge in [0, 0.05) is 56.4 Å². The van der Waals surface area contributed by atoms with Gasteiger partial charge in [0.1, 0.15) is 0 Å². The van der Waals surface area contributed by atoms with Crippen LogP contribution in [0.1, 0.15) is 105 Å². The lowest BCUT2D eigenvalue weighted by atomic mass is 9.77. The van der Waals surface area contributed by atoms with E-state index in [-0.39, 0.29) is 16.4 Å². The van der Waals surface area contributed by atoms with Crippen molar-refractivity contribution in [1.82, 2.24) is 9.47 Å². The van der Waals surface area contributed by atoms with Crippen LogP contribution >= 0.6 is 0 Å². The van der Waals surface area contributed by atoms with Crippen molar-refractivity contribution >= 4 is 35.7 Å². The predicted molar refractivity (Wildman–Crippen MR) is 236 cm³/mol. The maximum absolute atomic E-state index is 4.52. The van der Waals surface area contributed by atoms with Gasteiger partial charge in [0.25, 0.3) is 0 Å². The van der Waals surface area contributed by atoms with E-state index < -0.39 is 0 Å². The van der Waals surface area contributed by atoms with Gasteiger partial charge in [-0.1, -0.05) is 152 Å². The Bertz CT molecular complexity index is 2440. The SMILES string of the molecule is C=Cc1ccc(Cc2ccc(C(C)(C)c3ccc(Cc4ccc5c(=C)n(-c6cccc(C(C)(C)C)c6)c(=C)c5c4)cc3)cc2)cc1C(=C)N(C)C(C)(C)C. The molecule has 0 amide bonds. The molecule has 2 nitrogen and oxygen atoms in total. The third kappa shape index (κ3) is 7.66. The summed E-state index contributed by atoms with van der Waals surface area (Å²) in [6.07, 6.45) is 3.64. The third-order valence-corrected chi connectivity index (χ3v) is 11.4. The topological polar surface area (TPSA) is 8.17 Å². The largest absolute Gasteiger partial charge is 0.370 e. The molecule has 5 aromatic carbocycles. The zero-order valence-electron chi connectivity index (χ0n) is 34.1. The van der Waals surface area contributed by atoms with Crippen LogP contribution in [-0.4, -0.2) is 22.1 Å². The molecule has 0 unspecified atom stereocenters. The molecule has 6 rings (SSSR count). The van der Waals surface area contributed by atoms with Crippen LogP contribution in [0.4, 0.5) is 0 Å². The first-order valence-corrected chi connectivity index (χ1v) is 19.2. The lowest BCUT2D eigenvalue weighted by Gasteiger charge is -2.36. The average molecular weight is 711 g/mol. The standard InChI is InChI=1S/C52H58N2/c1-14-42-24-18-40(32-48(42)35(2)53(13)51(8,9)10)30-38-19-25-43(26-20-38)52(11,12)44-27-21-39(22-28-44)31-41-23-29-47-36(3)54(37(4)49(47)33-41)46-17-15-16-45(34-46)50(5,6)7/h14-29,32-34H,1-4,30-31H2,5-13H3. The predicted octanol–water partition coefficient (Wildman–Crippen LogP) is 11.6. The van der Waals surface area contributed by atoms with Gasteiger partial charge in [0.2, 0.25) is 0 Å². The molecule has 1 aromatic heterocycles. The van der Waals surface area contributed by atoms with Crippen LogP contribution in [0.2, 0.25) is 0 Å². The van der Waals surface area contributed by atoms with Crippen LogP contribution in [0.15, 0.2) is 122 Å². The summed E-state index contributed by atoms with van der Waals surface area (Å²) >= 11 is 0. The highest BCUT2D eigenvalue weighted by molar-refractivity contribution is 5.85. The summed E-state index contributed by atoms with van der Waals surface area (Å²) in [7, 11) is 2.11. The first-order valence-electron chi connectivity index (χ1n) is 19.2. The van der Waals surface area contributed by atoms with Crippen molar-refractivity contribution in [2.24, 2.45) is 0 Å². The lowest BCUT2D eigenvalue weighted by molar-refractivity contribution is 0.266. The molecule has 0 radical (unpaired) electrons. The summed E-state index contributed by atoms with van der Waals surface area (Å²) in [4.78, 5) is 2.24. The summed E-state index contributed by atoms with van der Waals surface area (Å²) in [5.74, 6) is 0. The van der Waals surface area contributed by atoms with Crippen molar-refractivity contribution in [1.29, 1.82) is 0 Å². The van der Waals surface area contributed by atoms with Crippen LogP contribution in [-0.2, 0) is 23.7 Å². The van der Waals surface area contributed by atoms with E-state index in [0.29, 0.717) is 0 Å². The molecule has 6 aromatic rings. The van der Waals surface area contributed by atoms with E-state index in [2.05, 4.69) is 207 Å². The van der Waals surface area contributed by atoms with Gasteiger partial charge in [-0.2, -0.15) is 0 Å². The molecule has 54 heavy (non-hydrogen) atoms. The molecule has 0 aliphatic rings. The van der Waals surface area contributed by atoms with Gasteiger partial charge < -0.3 is 9.47 Å². The number of rotatable bonds is 10. The summed E-state index contributed by atoms with van der Waals surface area (Å²) in [5, 5.41) is 4.27. The number of hydrogen-bond donors (Lipinski definition) is 0. The molecule has 276 valence electrons. The van der Waals surface area contributed by atoms with E-state index in [0.717, 1.165) is 56.8 Å². The lowest BCUT2D eigenvalue weighted by Crippen LogP contribution is -2.36. The minimum Gasteiger partial charge on any atom is -0.370 e. The molecule has 0 spiro atoms. The third-order valence-electron chi connectivity index (χ3n) is 11.4. The fourth-order valence-electron chi connectivity index (χ4n) is 7.46. The fraction of sp³-hybridized carbons (Fsp3) is 0.269. The van der Waals surface area contributed by atoms with E-state index >= 15 is 0 Å². The van der Waals surface area contributed by atoms with Crippen molar-refractivity contribution in [2.45, 2.75) is 84.6 Å². The van der Waals surface area contributed by atoms with Crippen molar-refractivity contribution in [3.05, 3.63) is 183 Å². The Morgan fingerprint density at radius 3 is 1.67 bits per heavy atom. The molecule has 0 saturated heterocycles. The second-order valence-electron chi connectivity index (χ2n) is 17.6. The van der Waals surface area contributed by atoms with E-state index in [9.17, 15) is 0 Å². The van der Waals surface area contributed by atoms with E-state index in [1.807, 2.05) is 6.08 Å². The highest BCUT2D eigenvalue weighted by Crippen LogP contribution is 2.33. The molecule has 0 fully saturated rings. The van der Waals surface area contributed by atoms with E-state index in [4.69, 9.17) is 0 Å². The Labute approximate surface area is 324 Å². The molecule has 2 heteroatoms. The molecule has 0 aliphatic carbocycles. The minimum atomic E-state index is -0.134. The van der Waals surface area contributed by atoms with Gasteiger partial charge in [-0.3, -0.25) is 0 Å². The van der Waals surface area contributed by atoms with Gasteiger partial charge in [-0.25, -0.2) is 0 Å². The fourth-order valence-corrected chi connectivity index (χ4v) is 7.46. The first kappa shape index (κ1) is 38.4. The highest BCUT2D eigenvalue weighted by Gasteiger charge is 2.24. The van der Waals surface area contributed by atoms with Crippen molar-refractivity contribution in [3.63, 3.8) is 0 Å². The average Bonchev–Trinajstić information content (AvgIpc) is 3.38. The minimum absolute atomic E-state index is 0.0217. The second kappa shape index (κ2) is 14.5. The zero-order chi connectivity index (χ0) is 39.2. The Morgan fingerprint density at radius 1 is 0.611 bits per heavy atom. The van der Waals surface area contributed by atoms with Crippen LogP contribution < -0.4 is 10.7 Å². The van der Waals surface area contributed by atoms with E-state index in [1.54, 1.807) is 0 Å². The number of fused-ring (bicyclic) bond motifs is 1. The smallest absolute Gasteiger partial charge is 0.0469 e. The Morgan fingerprint density at radius 2 is 1.13 bits per heavy atom. The van der Waals surface area contributed by atoms with Crippen LogP contribution in [0.25, 0.3) is 41.4 Å². The number of nitrogens with zero attached hydrogens (tertiary/aromatic N) is 2. The maximum Gasteiger partial charge on any atom is 0.0469 e. The van der Waals surface area contributed by atoms with E-state index in [1.165, 1.54) is 38.9 Å². The Balaban J connectivity index is 1.17. The van der Waals surface area contributed by atoms with Gasteiger partial charge >= 0.3 is 0 Å².